The zero-order valence-corrected chi connectivity index (χ0v) is 20.9. The molecule has 0 aliphatic carbocycles. The van der Waals surface area contributed by atoms with Gasteiger partial charge in [-0.2, -0.15) is 0 Å². The van der Waals surface area contributed by atoms with Crippen molar-refractivity contribution < 1.29 is 13.6 Å². The molecule has 0 aliphatic heterocycles. The zero-order valence-electron chi connectivity index (χ0n) is 18.9. The maximum Gasteiger partial charge on any atom is 0.208 e. The van der Waals surface area contributed by atoms with E-state index in [-0.39, 0.29) is 10.1 Å². The predicted octanol–water partition coefficient (Wildman–Crippen LogP) is 6.47. The maximum absolute atomic E-state index is 7.14. The molecule has 5 heteroatoms. The summed E-state index contributed by atoms with van der Waals surface area (Å²) >= 11 is 0. The van der Waals surface area contributed by atoms with Crippen LogP contribution in [0.25, 0.3) is 0 Å². The molecular weight excluding hydrogens is 344 g/mol. The highest BCUT2D eigenvalue weighted by atomic mass is 28.4. The van der Waals surface area contributed by atoms with Gasteiger partial charge in [0.2, 0.25) is 16.6 Å². The molecule has 2 atom stereocenters. The van der Waals surface area contributed by atoms with Gasteiger partial charge in [-0.3, -0.25) is 0 Å². The highest BCUT2D eigenvalue weighted by Gasteiger charge is 2.52. The van der Waals surface area contributed by atoms with Crippen molar-refractivity contribution in [2.24, 2.45) is 0 Å². The van der Waals surface area contributed by atoms with Gasteiger partial charge >= 0.3 is 0 Å². The summed E-state index contributed by atoms with van der Waals surface area (Å²) in [4.78, 5) is 0. The normalized spacial score (nSPS) is 18.0. The van der Waals surface area contributed by atoms with Crippen molar-refractivity contribution in [3.8, 4) is 0 Å². The first-order chi connectivity index (χ1) is 11.3. The third kappa shape index (κ3) is 8.25. The standard InChI is InChI=1S/C20H46O3Si2/c1-11-13-15-21-17-24(9,19(3,4)5)23-25(10,20(6,7)8)18-22-16-14-12-2/h11-18H2,1-10H3. The number of unbranched alkanes of at least 4 members (excludes halogenated alkanes) is 2. The van der Waals surface area contributed by atoms with Gasteiger partial charge < -0.3 is 13.6 Å². The second-order valence-electron chi connectivity index (χ2n) is 9.88. The number of rotatable bonds is 12. The van der Waals surface area contributed by atoms with Crippen LogP contribution in [0.4, 0.5) is 0 Å². The van der Waals surface area contributed by atoms with Gasteiger partial charge in [-0.25, -0.2) is 0 Å². The number of hydrogen-bond acceptors (Lipinski definition) is 3. The molecule has 25 heavy (non-hydrogen) atoms. The van der Waals surface area contributed by atoms with E-state index < -0.39 is 16.6 Å². The molecule has 0 bridgehead atoms. The van der Waals surface area contributed by atoms with Crippen LogP contribution in [-0.4, -0.2) is 42.3 Å². The Hall–Kier alpha value is 0.314. The molecule has 152 valence electrons. The van der Waals surface area contributed by atoms with Crippen molar-refractivity contribution in [1.82, 2.24) is 0 Å². The summed E-state index contributed by atoms with van der Waals surface area (Å²) in [7, 11) is -4.11. The average molecular weight is 391 g/mol. The van der Waals surface area contributed by atoms with Crippen LogP contribution in [0.2, 0.25) is 23.2 Å². The molecule has 0 aromatic heterocycles. The van der Waals surface area contributed by atoms with E-state index in [2.05, 4.69) is 68.5 Å². The van der Waals surface area contributed by atoms with Crippen LogP contribution in [0.3, 0.4) is 0 Å². The second kappa shape index (κ2) is 10.6. The average Bonchev–Trinajstić information content (AvgIpc) is 2.46. The van der Waals surface area contributed by atoms with Crippen molar-refractivity contribution >= 4 is 16.6 Å². The quantitative estimate of drug-likeness (QED) is 0.282. The lowest BCUT2D eigenvalue weighted by Gasteiger charge is -2.49. The topological polar surface area (TPSA) is 27.7 Å². The van der Waals surface area contributed by atoms with Crippen molar-refractivity contribution in [3.05, 3.63) is 0 Å². The number of ether oxygens (including phenoxy) is 2. The first kappa shape index (κ1) is 25.3. The van der Waals surface area contributed by atoms with Gasteiger partial charge in [0.1, 0.15) is 0 Å². The summed E-state index contributed by atoms with van der Waals surface area (Å²) in [6.07, 6.45) is 6.17. The fourth-order valence-electron chi connectivity index (χ4n) is 2.32. The van der Waals surface area contributed by atoms with E-state index in [1.165, 1.54) is 12.8 Å². The highest BCUT2D eigenvalue weighted by molar-refractivity contribution is 6.88. The molecule has 0 fully saturated rings. The molecule has 0 rings (SSSR count). The molecule has 0 spiro atoms. The summed E-state index contributed by atoms with van der Waals surface area (Å²) in [5, 5.41) is 0.282. The van der Waals surface area contributed by atoms with Gasteiger partial charge in [0.15, 0.2) is 0 Å². The second-order valence-corrected chi connectivity index (χ2v) is 19.2. The minimum Gasteiger partial charge on any atom is -0.452 e. The summed E-state index contributed by atoms with van der Waals surface area (Å²) in [6.45, 7) is 24.7. The van der Waals surface area contributed by atoms with Gasteiger partial charge in [0, 0.05) is 13.2 Å². The molecule has 3 nitrogen and oxygen atoms in total. The molecule has 0 radical (unpaired) electrons. The smallest absolute Gasteiger partial charge is 0.208 e. The SMILES string of the molecule is CCCCOC[Si](C)(O[Si](C)(COCCCC)C(C)(C)C)C(C)(C)C. The Kier molecular flexibility index (Phi) is 10.7. The fraction of sp³-hybridized carbons (Fsp3) is 1.00. The Bertz CT molecular complexity index is 329. The minimum absolute atomic E-state index is 0.141. The first-order valence-corrected chi connectivity index (χ1v) is 15.4. The molecule has 0 saturated heterocycles. The molecule has 0 aromatic carbocycles. The van der Waals surface area contributed by atoms with Crippen LogP contribution >= 0.6 is 0 Å². The van der Waals surface area contributed by atoms with E-state index in [1.54, 1.807) is 0 Å². The third-order valence-electron chi connectivity index (χ3n) is 5.66. The van der Waals surface area contributed by atoms with E-state index in [9.17, 15) is 0 Å². The molecule has 0 heterocycles. The van der Waals surface area contributed by atoms with E-state index in [4.69, 9.17) is 13.6 Å². The highest BCUT2D eigenvalue weighted by Crippen LogP contribution is 2.45. The summed E-state index contributed by atoms with van der Waals surface area (Å²) in [5.74, 6) is 0. The lowest BCUT2D eigenvalue weighted by atomic mass is 10.2. The van der Waals surface area contributed by atoms with Crippen LogP contribution in [0.15, 0.2) is 0 Å². The van der Waals surface area contributed by atoms with Crippen LogP contribution in [0.1, 0.15) is 81.1 Å². The van der Waals surface area contributed by atoms with Gasteiger partial charge in [-0.05, 0) is 36.0 Å². The molecule has 2 unspecified atom stereocenters. The fourth-order valence-corrected chi connectivity index (χ4v) is 11.2. The van der Waals surface area contributed by atoms with Crippen LogP contribution in [0, 0.1) is 0 Å². The van der Waals surface area contributed by atoms with Crippen molar-refractivity contribution in [1.29, 1.82) is 0 Å². The predicted molar refractivity (Wildman–Crippen MR) is 115 cm³/mol. The van der Waals surface area contributed by atoms with Gasteiger partial charge in [-0.1, -0.05) is 68.2 Å². The summed E-state index contributed by atoms with van der Waals surface area (Å²) < 4.78 is 19.3. The molecule has 0 amide bonds. The van der Waals surface area contributed by atoms with E-state index in [1.807, 2.05) is 0 Å². The lowest BCUT2D eigenvalue weighted by molar-refractivity contribution is 0.143. The summed E-state index contributed by atoms with van der Waals surface area (Å²) in [6, 6.07) is 0. The van der Waals surface area contributed by atoms with Crippen LogP contribution in [0.5, 0.6) is 0 Å². The van der Waals surface area contributed by atoms with Crippen molar-refractivity contribution in [3.63, 3.8) is 0 Å². The number of hydrogen-bond donors (Lipinski definition) is 0. The van der Waals surface area contributed by atoms with Gasteiger partial charge in [0.25, 0.3) is 0 Å². The van der Waals surface area contributed by atoms with Gasteiger partial charge in [0.05, 0.1) is 12.5 Å². The largest absolute Gasteiger partial charge is 0.452 e. The third-order valence-corrected chi connectivity index (χ3v) is 17.1. The van der Waals surface area contributed by atoms with Crippen LogP contribution < -0.4 is 0 Å². The monoisotopic (exact) mass is 390 g/mol. The molecular formula is C20H46O3Si2. The van der Waals surface area contributed by atoms with E-state index >= 15 is 0 Å². The van der Waals surface area contributed by atoms with E-state index in [0.29, 0.717) is 0 Å². The molecule has 0 aliphatic rings. The van der Waals surface area contributed by atoms with Crippen molar-refractivity contribution in [2.45, 2.75) is 104 Å². The Morgan fingerprint density at radius 2 is 0.960 bits per heavy atom. The molecule has 0 N–H and O–H groups in total. The van der Waals surface area contributed by atoms with E-state index in [0.717, 1.165) is 38.5 Å². The molecule has 0 aromatic rings. The zero-order chi connectivity index (χ0) is 19.8. The Morgan fingerprint density at radius 3 is 1.20 bits per heavy atom. The molecule has 0 saturated carbocycles. The van der Waals surface area contributed by atoms with Crippen molar-refractivity contribution in [2.75, 3.05) is 25.7 Å². The minimum atomic E-state index is -2.06. The summed E-state index contributed by atoms with van der Waals surface area (Å²) in [5.41, 5.74) is 0. The Balaban J connectivity index is 5.25. The maximum atomic E-state index is 7.14. The first-order valence-electron chi connectivity index (χ1n) is 10.2. The Labute approximate surface area is 160 Å². The van der Waals surface area contributed by atoms with Gasteiger partial charge in [-0.15, -0.1) is 0 Å². The Morgan fingerprint density at radius 1 is 0.640 bits per heavy atom. The van der Waals surface area contributed by atoms with Crippen LogP contribution in [-0.2, 0) is 13.6 Å². The lowest BCUT2D eigenvalue weighted by Crippen LogP contribution is -2.61.